The largest absolute Gasteiger partial charge is 0.340 e. The lowest BCUT2D eigenvalue weighted by atomic mass is 9.83. The molecular weight excluding hydrogens is 331 g/mol. The minimum Gasteiger partial charge on any atom is -0.340 e. The van der Waals surface area contributed by atoms with Gasteiger partial charge < -0.3 is 9.80 Å². The van der Waals surface area contributed by atoms with Crippen molar-refractivity contribution < 1.29 is 9.18 Å². The summed E-state index contributed by atoms with van der Waals surface area (Å²) < 4.78 is 13.1. The molecular formula is C20H23FN4O. The van der Waals surface area contributed by atoms with Gasteiger partial charge in [0.15, 0.2) is 5.82 Å². The standard InChI is InChI=1S/C20H23FN4O/c21-17-12-22-20(23-13-17)24-10-9-18-16(14-24)6-7-19(26)25(18)11-8-15-4-2-1-3-5-15/h1-5,12-13,16,18H,6-11,14H2/t16-,18+/m0/s1. The predicted molar refractivity (Wildman–Crippen MR) is 97.2 cm³/mol. The summed E-state index contributed by atoms with van der Waals surface area (Å²) in [6.45, 7) is 2.39. The first-order valence-electron chi connectivity index (χ1n) is 9.26. The van der Waals surface area contributed by atoms with Crippen LogP contribution >= 0.6 is 0 Å². The van der Waals surface area contributed by atoms with Crippen LogP contribution in [-0.2, 0) is 11.2 Å². The molecule has 2 atom stereocenters. The molecule has 1 aromatic heterocycles. The lowest BCUT2D eigenvalue weighted by Gasteiger charge is -2.47. The highest BCUT2D eigenvalue weighted by molar-refractivity contribution is 5.77. The van der Waals surface area contributed by atoms with Crippen molar-refractivity contribution in [3.8, 4) is 0 Å². The van der Waals surface area contributed by atoms with E-state index >= 15 is 0 Å². The lowest BCUT2D eigenvalue weighted by molar-refractivity contribution is -0.139. The molecule has 2 aliphatic rings. The van der Waals surface area contributed by atoms with E-state index < -0.39 is 5.82 Å². The third kappa shape index (κ3) is 3.54. The van der Waals surface area contributed by atoms with Gasteiger partial charge in [-0.25, -0.2) is 14.4 Å². The Balaban J connectivity index is 1.42. The molecule has 6 heteroatoms. The van der Waals surface area contributed by atoms with E-state index in [1.165, 1.54) is 18.0 Å². The van der Waals surface area contributed by atoms with Gasteiger partial charge >= 0.3 is 0 Å². The predicted octanol–water partition coefficient (Wildman–Crippen LogP) is 2.68. The molecule has 2 aromatic rings. The number of rotatable bonds is 4. The zero-order valence-corrected chi connectivity index (χ0v) is 14.7. The van der Waals surface area contributed by atoms with Crippen molar-refractivity contribution in [1.82, 2.24) is 14.9 Å². The number of amides is 1. The third-order valence-electron chi connectivity index (χ3n) is 5.52. The number of nitrogens with zero attached hydrogens (tertiary/aromatic N) is 4. The highest BCUT2D eigenvalue weighted by atomic mass is 19.1. The van der Waals surface area contributed by atoms with Crippen LogP contribution < -0.4 is 4.90 Å². The van der Waals surface area contributed by atoms with Gasteiger partial charge in [-0.05, 0) is 30.7 Å². The van der Waals surface area contributed by atoms with E-state index in [1.54, 1.807) is 0 Å². The number of benzene rings is 1. The number of hydrogen-bond acceptors (Lipinski definition) is 4. The smallest absolute Gasteiger partial charge is 0.225 e. The van der Waals surface area contributed by atoms with E-state index in [0.29, 0.717) is 18.3 Å². The highest BCUT2D eigenvalue weighted by Crippen LogP contribution is 2.32. The van der Waals surface area contributed by atoms with Crippen LogP contribution in [0.1, 0.15) is 24.8 Å². The van der Waals surface area contributed by atoms with Gasteiger partial charge in [0.1, 0.15) is 0 Å². The van der Waals surface area contributed by atoms with E-state index in [4.69, 9.17) is 0 Å². The second kappa shape index (κ2) is 7.40. The molecule has 0 saturated carbocycles. The number of fused-ring (bicyclic) bond motifs is 1. The Hall–Kier alpha value is -2.50. The minimum atomic E-state index is -0.418. The highest BCUT2D eigenvalue weighted by Gasteiger charge is 2.39. The fourth-order valence-electron chi connectivity index (χ4n) is 4.19. The number of anilines is 1. The van der Waals surface area contributed by atoms with Gasteiger partial charge in [0, 0.05) is 32.1 Å². The summed E-state index contributed by atoms with van der Waals surface area (Å²) >= 11 is 0. The number of halogens is 1. The molecule has 1 amide bonds. The summed E-state index contributed by atoms with van der Waals surface area (Å²) in [5.41, 5.74) is 1.26. The Labute approximate surface area is 152 Å². The molecule has 1 aromatic carbocycles. The summed E-state index contributed by atoms with van der Waals surface area (Å²) in [5.74, 6) is 0.858. The zero-order chi connectivity index (χ0) is 17.9. The van der Waals surface area contributed by atoms with Crippen LogP contribution in [0.3, 0.4) is 0 Å². The van der Waals surface area contributed by atoms with Gasteiger partial charge in [0.2, 0.25) is 11.9 Å². The van der Waals surface area contributed by atoms with E-state index in [0.717, 1.165) is 38.9 Å². The monoisotopic (exact) mass is 354 g/mol. The minimum absolute atomic E-state index is 0.272. The molecule has 136 valence electrons. The van der Waals surface area contributed by atoms with Crippen LogP contribution in [0.2, 0.25) is 0 Å². The number of hydrogen-bond donors (Lipinski definition) is 0. The van der Waals surface area contributed by atoms with Crippen molar-refractivity contribution >= 4 is 11.9 Å². The summed E-state index contributed by atoms with van der Waals surface area (Å²) in [5, 5.41) is 0. The third-order valence-corrected chi connectivity index (χ3v) is 5.52. The average Bonchev–Trinajstić information content (AvgIpc) is 2.68. The Bertz CT molecular complexity index is 752. The van der Waals surface area contributed by atoms with Crippen molar-refractivity contribution in [2.45, 2.75) is 31.7 Å². The normalized spacial score (nSPS) is 23.0. The molecule has 2 aliphatic heterocycles. The Morgan fingerprint density at radius 3 is 2.65 bits per heavy atom. The van der Waals surface area contributed by atoms with E-state index in [1.807, 2.05) is 18.2 Å². The fraction of sp³-hybridized carbons (Fsp3) is 0.450. The molecule has 2 saturated heterocycles. The summed E-state index contributed by atoms with van der Waals surface area (Å²) in [6, 6.07) is 10.6. The van der Waals surface area contributed by atoms with Gasteiger partial charge in [-0.1, -0.05) is 30.3 Å². The Morgan fingerprint density at radius 2 is 1.88 bits per heavy atom. The molecule has 26 heavy (non-hydrogen) atoms. The van der Waals surface area contributed by atoms with Crippen molar-refractivity contribution in [1.29, 1.82) is 0 Å². The van der Waals surface area contributed by atoms with Gasteiger partial charge in [0.25, 0.3) is 0 Å². The molecule has 2 fully saturated rings. The first-order valence-corrected chi connectivity index (χ1v) is 9.26. The van der Waals surface area contributed by atoms with Crippen molar-refractivity contribution in [2.24, 2.45) is 5.92 Å². The van der Waals surface area contributed by atoms with Gasteiger partial charge in [-0.3, -0.25) is 4.79 Å². The molecule has 0 N–H and O–H groups in total. The molecule has 0 spiro atoms. The van der Waals surface area contributed by atoms with Crippen LogP contribution in [0.5, 0.6) is 0 Å². The summed E-state index contributed by atoms with van der Waals surface area (Å²) in [7, 11) is 0. The second-order valence-corrected chi connectivity index (χ2v) is 7.12. The molecule has 0 aliphatic carbocycles. The van der Waals surface area contributed by atoms with Crippen LogP contribution in [0.4, 0.5) is 10.3 Å². The average molecular weight is 354 g/mol. The van der Waals surface area contributed by atoms with Gasteiger partial charge in [0.05, 0.1) is 12.4 Å². The Morgan fingerprint density at radius 1 is 1.12 bits per heavy atom. The van der Waals surface area contributed by atoms with Crippen LogP contribution in [-0.4, -0.2) is 46.5 Å². The summed E-state index contributed by atoms with van der Waals surface area (Å²) in [4.78, 5) is 24.9. The van der Waals surface area contributed by atoms with Gasteiger partial charge in [-0.2, -0.15) is 0 Å². The van der Waals surface area contributed by atoms with Crippen molar-refractivity contribution in [3.63, 3.8) is 0 Å². The number of aromatic nitrogens is 2. The first-order chi connectivity index (χ1) is 12.7. The topological polar surface area (TPSA) is 49.3 Å². The molecule has 0 radical (unpaired) electrons. The van der Waals surface area contributed by atoms with E-state index in [9.17, 15) is 9.18 Å². The van der Waals surface area contributed by atoms with Crippen LogP contribution in [0, 0.1) is 11.7 Å². The number of carbonyl (C=O) groups is 1. The van der Waals surface area contributed by atoms with Crippen molar-refractivity contribution in [2.75, 3.05) is 24.5 Å². The first kappa shape index (κ1) is 16.9. The zero-order valence-electron chi connectivity index (χ0n) is 14.7. The Kier molecular flexibility index (Phi) is 4.82. The quantitative estimate of drug-likeness (QED) is 0.847. The van der Waals surface area contributed by atoms with Crippen molar-refractivity contribution in [3.05, 3.63) is 54.1 Å². The van der Waals surface area contributed by atoms with E-state index in [-0.39, 0.29) is 11.9 Å². The van der Waals surface area contributed by atoms with Crippen LogP contribution in [0.15, 0.2) is 42.7 Å². The van der Waals surface area contributed by atoms with E-state index in [2.05, 4.69) is 31.9 Å². The molecule has 5 nitrogen and oxygen atoms in total. The second-order valence-electron chi connectivity index (χ2n) is 7.12. The lowest BCUT2D eigenvalue weighted by Crippen LogP contribution is -2.56. The molecule has 0 bridgehead atoms. The maximum atomic E-state index is 13.1. The van der Waals surface area contributed by atoms with Crippen LogP contribution in [0.25, 0.3) is 0 Å². The maximum absolute atomic E-state index is 13.1. The molecule has 3 heterocycles. The number of carbonyl (C=O) groups excluding carboxylic acids is 1. The fourth-order valence-corrected chi connectivity index (χ4v) is 4.19. The molecule has 4 rings (SSSR count). The van der Waals surface area contributed by atoms with Gasteiger partial charge in [-0.15, -0.1) is 0 Å². The SMILES string of the molecule is O=C1CC[C@H]2CN(c3ncc(F)cn3)CC[C@H]2N1CCc1ccccc1. The number of likely N-dealkylation sites (tertiary alicyclic amines) is 1. The molecule has 0 unspecified atom stereocenters. The summed E-state index contributed by atoms with van der Waals surface area (Å²) in [6.07, 6.45) is 5.74. The number of piperidine rings is 2. The maximum Gasteiger partial charge on any atom is 0.225 e.